The van der Waals surface area contributed by atoms with Crippen LogP contribution in [-0.4, -0.2) is 5.78 Å². The molecule has 0 heterocycles. The van der Waals surface area contributed by atoms with Gasteiger partial charge in [-0.05, 0) is 55.7 Å². The van der Waals surface area contributed by atoms with E-state index in [0.717, 1.165) is 25.6 Å². The average Bonchev–Trinajstić information content (AvgIpc) is 2.36. The van der Waals surface area contributed by atoms with E-state index < -0.39 is 0 Å². The van der Waals surface area contributed by atoms with Crippen LogP contribution in [0, 0.1) is 20.8 Å². The Morgan fingerprint density at radius 2 is 1.53 bits per heavy atom. The predicted molar refractivity (Wildman–Crippen MR) is 85.9 cm³/mol. The third-order valence-corrected chi connectivity index (χ3v) is 4.77. The van der Waals surface area contributed by atoms with Crippen LogP contribution in [0.15, 0.2) is 39.3 Å². The normalized spacial score (nSPS) is 10.6. The average molecular weight is 382 g/mol. The van der Waals surface area contributed by atoms with Gasteiger partial charge in [-0.15, -0.1) is 0 Å². The van der Waals surface area contributed by atoms with Crippen LogP contribution in [0.1, 0.15) is 32.6 Å². The summed E-state index contributed by atoms with van der Waals surface area (Å²) in [6.45, 7) is 6.06. The van der Waals surface area contributed by atoms with Crippen molar-refractivity contribution in [2.75, 3.05) is 0 Å². The summed E-state index contributed by atoms with van der Waals surface area (Å²) >= 11 is 6.94. The molecule has 2 aromatic carbocycles. The molecule has 1 nitrogen and oxygen atoms in total. The van der Waals surface area contributed by atoms with E-state index in [-0.39, 0.29) is 5.78 Å². The number of carbonyl (C=O) groups is 1. The summed E-state index contributed by atoms with van der Waals surface area (Å²) in [7, 11) is 0. The molecule has 0 aliphatic rings. The zero-order valence-electron chi connectivity index (χ0n) is 11.1. The lowest BCUT2D eigenvalue weighted by molar-refractivity contribution is 0.103. The molecule has 0 aliphatic heterocycles. The molecule has 2 rings (SSSR count). The minimum Gasteiger partial charge on any atom is -0.289 e. The third-order valence-electron chi connectivity index (χ3n) is 3.26. The maximum atomic E-state index is 12.5. The van der Waals surface area contributed by atoms with Gasteiger partial charge in [0, 0.05) is 20.1 Å². The van der Waals surface area contributed by atoms with E-state index in [1.54, 1.807) is 0 Å². The van der Waals surface area contributed by atoms with Gasteiger partial charge in [-0.1, -0.05) is 44.0 Å². The Balaban J connectivity index is 2.49. The number of hydrogen-bond donors (Lipinski definition) is 0. The van der Waals surface area contributed by atoms with E-state index in [1.807, 2.05) is 51.1 Å². The highest BCUT2D eigenvalue weighted by atomic mass is 79.9. The van der Waals surface area contributed by atoms with Gasteiger partial charge in [0.2, 0.25) is 0 Å². The van der Waals surface area contributed by atoms with Gasteiger partial charge in [0.15, 0.2) is 5.78 Å². The van der Waals surface area contributed by atoms with E-state index in [1.165, 1.54) is 5.56 Å². The zero-order valence-corrected chi connectivity index (χ0v) is 14.2. The van der Waals surface area contributed by atoms with Gasteiger partial charge >= 0.3 is 0 Å². The monoisotopic (exact) mass is 380 g/mol. The summed E-state index contributed by atoms with van der Waals surface area (Å²) in [6, 6.07) is 9.64. The van der Waals surface area contributed by atoms with Crippen molar-refractivity contribution in [3.05, 3.63) is 67.1 Å². The Morgan fingerprint density at radius 3 is 2.16 bits per heavy atom. The molecule has 0 saturated carbocycles. The van der Waals surface area contributed by atoms with Gasteiger partial charge in [-0.3, -0.25) is 4.79 Å². The molecule has 2 aromatic rings. The topological polar surface area (TPSA) is 17.1 Å². The molecule has 0 unspecified atom stereocenters. The van der Waals surface area contributed by atoms with Crippen molar-refractivity contribution in [3.8, 4) is 0 Å². The molecule has 98 valence electrons. The lowest BCUT2D eigenvalue weighted by Crippen LogP contribution is -2.04. The fourth-order valence-electron chi connectivity index (χ4n) is 1.86. The summed E-state index contributed by atoms with van der Waals surface area (Å²) in [6.07, 6.45) is 0. The van der Waals surface area contributed by atoms with Crippen LogP contribution in [0.25, 0.3) is 0 Å². The Kier molecular flexibility index (Phi) is 4.26. The summed E-state index contributed by atoms with van der Waals surface area (Å²) in [4.78, 5) is 12.5. The molecule has 0 aromatic heterocycles. The van der Waals surface area contributed by atoms with Crippen LogP contribution < -0.4 is 0 Å². The van der Waals surface area contributed by atoms with Crippen molar-refractivity contribution >= 4 is 37.6 Å². The van der Waals surface area contributed by atoms with Crippen molar-refractivity contribution in [2.45, 2.75) is 20.8 Å². The smallest absolute Gasteiger partial charge is 0.194 e. The fraction of sp³-hybridized carbons (Fsp3) is 0.188. The quantitative estimate of drug-likeness (QED) is 0.639. The highest BCUT2D eigenvalue weighted by molar-refractivity contribution is 9.11. The lowest BCUT2D eigenvalue weighted by Gasteiger charge is -2.08. The molecular weight excluding hydrogens is 368 g/mol. The number of benzene rings is 2. The number of aryl methyl sites for hydroxylation is 3. The van der Waals surface area contributed by atoms with Crippen molar-refractivity contribution in [3.63, 3.8) is 0 Å². The van der Waals surface area contributed by atoms with Gasteiger partial charge in [-0.2, -0.15) is 0 Å². The zero-order chi connectivity index (χ0) is 14.2. The second kappa shape index (κ2) is 5.59. The Morgan fingerprint density at radius 1 is 0.842 bits per heavy atom. The van der Waals surface area contributed by atoms with Crippen LogP contribution in [0.2, 0.25) is 0 Å². The first kappa shape index (κ1) is 14.5. The van der Waals surface area contributed by atoms with E-state index in [4.69, 9.17) is 0 Å². The maximum Gasteiger partial charge on any atom is 0.194 e. The first-order valence-corrected chi connectivity index (χ1v) is 7.56. The van der Waals surface area contributed by atoms with Gasteiger partial charge in [0.25, 0.3) is 0 Å². The van der Waals surface area contributed by atoms with Gasteiger partial charge in [0.1, 0.15) is 0 Å². The van der Waals surface area contributed by atoms with Gasteiger partial charge < -0.3 is 0 Å². The molecule has 3 heteroatoms. The predicted octanol–water partition coefficient (Wildman–Crippen LogP) is 5.37. The molecule has 0 N–H and O–H groups in total. The van der Waals surface area contributed by atoms with Crippen LogP contribution in [-0.2, 0) is 0 Å². The second-order valence-corrected chi connectivity index (χ2v) is 6.42. The number of carbonyl (C=O) groups excluding carboxylic acids is 1. The maximum absolute atomic E-state index is 12.5. The van der Waals surface area contributed by atoms with Crippen molar-refractivity contribution in [2.24, 2.45) is 0 Å². The Labute approximate surface area is 130 Å². The SMILES string of the molecule is Cc1ccc(C(=O)c2cc(Br)c(C)cc2Br)cc1C. The van der Waals surface area contributed by atoms with Crippen LogP contribution in [0.5, 0.6) is 0 Å². The van der Waals surface area contributed by atoms with E-state index in [2.05, 4.69) is 31.9 Å². The number of hydrogen-bond acceptors (Lipinski definition) is 1. The summed E-state index contributed by atoms with van der Waals surface area (Å²) in [5.41, 5.74) is 4.83. The van der Waals surface area contributed by atoms with Crippen LogP contribution in [0.3, 0.4) is 0 Å². The Bertz CT molecular complexity index is 660. The Hall–Kier alpha value is -0.930. The van der Waals surface area contributed by atoms with E-state index in [0.29, 0.717) is 5.56 Å². The standard InChI is InChI=1S/C16H14Br2O/c1-9-4-5-12(6-10(9)2)16(19)13-8-14(17)11(3)7-15(13)18/h4-8H,1-3H3. The highest BCUT2D eigenvalue weighted by Gasteiger charge is 2.14. The van der Waals surface area contributed by atoms with Gasteiger partial charge in [0.05, 0.1) is 0 Å². The highest BCUT2D eigenvalue weighted by Crippen LogP contribution is 2.27. The summed E-state index contributed by atoms with van der Waals surface area (Å²) in [5.74, 6) is 0.0377. The third kappa shape index (κ3) is 2.98. The van der Waals surface area contributed by atoms with Crippen molar-refractivity contribution in [1.29, 1.82) is 0 Å². The largest absolute Gasteiger partial charge is 0.289 e. The molecule has 0 aliphatic carbocycles. The molecular formula is C16H14Br2O. The van der Waals surface area contributed by atoms with Crippen LogP contribution >= 0.6 is 31.9 Å². The molecule has 0 bridgehead atoms. The van der Waals surface area contributed by atoms with Crippen molar-refractivity contribution in [1.82, 2.24) is 0 Å². The molecule has 19 heavy (non-hydrogen) atoms. The summed E-state index contributed by atoms with van der Waals surface area (Å²) < 4.78 is 1.78. The number of rotatable bonds is 2. The molecule has 0 spiro atoms. The molecule has 0 amide bonds. The van der Waals surface area contributed by atoms with Crippen molar-refractivity contribution < 1.29 is 4.79 Å². The summed E-state index contributed by atoms with van der Waals surface area (Å²) in [5, 5.41) is 0. The fourth-order valence-corrected chi connectivity index (χ4v) is 2.84. The molecule has 0 fully saturated rings. The second-order valence-electron chi connectivity index (χ2n) is 4.71. The van der Waals surface area contributed by atoms with Crippen LogP contribution in [0.4, 0.5) is 0 Å². The lowest BCUT2D eigenvalue weighted by atomic mass is 9.99. The number of ketones is 1. The van der Waals surface area contributed by atoms with Gasteiger partial charge in [-0.25, -0.2) is 0 Å². The molecule has 0 radical (unpaired) electrons. The first-order chi connectivity index (χ1) is 8.90. The first-order valence-electron chi connectivity index (χ1n) is 5.97. The number of halogens is 2. The minimum absolute atomic E-state index is 0.0377. The van der Waals surface area contributed by atoms with E-state index >= 15 is 0 Å². The molecule has 0 atom stereocenters. The molecule has 0 saturated heterocycles. The van der Waals surface area contributed by atoms with E-state index in [9.17, 15) is 4.79 Å². The minimum atomic E-state index is 0.0377.